The fraction of sp³-hybridized carbons (Fsp3) is 0.833. The van der Waals surface area contributed by atoms with E-state index in [0.29, 0.717) is 5.92 Å². The highest BCUT2D eigenvalue weighted by atomic mass is 16.4. The molecule has 2 N–H and O–H groups in total. The number of amides is 1. The maximum absolute atomic E-state index is 11.2. The van der Waals surface area contributed by atoms with Crippen LogP contribution in [0.1, 0.15) is 39.0 Å². The van der Waals surface area contributed by atoms with E-state index in [4.69, 9.17) is 0 Å². The van der Waals surface area contributed by atoms with Crippen LogP contribution in [-0.2, 0) is 9.59 Å². The highest BCUT2D eigenvalue weighted by Crippen LogP contribution is 2.48. The molecule has 0 spiro atoms. The van der Waals surface area contributed by atoms with E-state index in [1.54, 1.807) is 0 Å². The molecule has 4 atom stereocenters. The van der Waals surface area contributed by atoms with E-state index in [0.717, 1.165) is 19.3 Å². The third-order valence-corrected chi connectivity index (χ3v) is 4.09. The Hall–Kier alpha value is -1.06. The SMILES string of the molecule is CC(=O)NC1C2CCCCCC2C1C(=O)O. The molecule has 2 saturated carbocycles. The summed E-state index contributed by atoms with van der Waals surface area (Å²) in [5, 5.41) is 12.0. The van der Waals surface area contributed by atoms with Gasteiger partial charge in [-0.1, -0.05) is 19.3 Å². The molecule has 0 saturated heterocycles. The first-order chi connectivity index (χ1) is 7.61. The van der Waals surface area contributed by atoms with E-state index in [-0.39, 0.29) is 23.8 Å². The molecule has 2 aliphatic carbocycles. The van der Waals surface area contributed by atoms with E-state index in [9.17, 15) is 14.7 Å². The highest BCUT2D eigenvalue weighted by molar-refractivity contribution is 5.77. The summed E-state index contributed by atoms with van der Waals surface area (Å²) < 4.78 is 0. The lowest BCUT2D eigenvalue weighted by Crippen LogP contribution is -2.61. The highest BCUT2D eigenvalue weighted by Gasteiger charge is 2.53. The van der Waals surface area contributed by atoms with E-state index in [1.165, 1.54) is 19.8 Å². The van der Waals surface area contributed by atoms with Gasteiger partial charge in [-0.25, -0.2) is 0 Å². The zero-order valence-corrected chi connectivity index (χ0v) is 9.61. The molecule has 0 aromatic heterocycles. The van der Waals surface area contributed by atoms with Gasteiger partial charge >= 0.3 is 5.97 Å². The van der Waals surface area contributed by atoms with Crippen molar-refractivity contribution >= 4 is 11.9 Å². The van der Waals surface area contributed by atoms with Crippen molar-refractivity contribution in [1.82, 2.24) is 5.32 Å². The summed E-state index contributed by atoms with van der Waals surface area (Å²) >= 11 is 0. The first kappa shape index (κ1) is 11.4. The van der Waals surface area contributed by atoms with Gasteiger partial charge in [-0.05, 0) is 24.7 Å². The number of nitrogens with one attached hydrogen (secondary N) is 1. The normalized spacial score (nSPS) is 37.8. The van der Waals surface area contributed by atoms with Gasteiger partial charge < -0.3 is 10.4 Å². The average molecular weight is 225 g/mol. The molecule has 0 aromatic rings. The number of carboxylic acid groups (broad SMARTS) is 1. The minimum atomic E-state index is -0.748. The number of carbonyl (C=O) groups excluding carboxylic acids is 1. The van der Waals surface area contributed by atoms with Crippen LogP contribution in [0.15, 0.2) is 0 Å². The molecule has 0 aliphatic heterocycles. The van der Waals surface area contributed by atoms with Crippen LogP contribution in [0.2, 0.25) is 0 Å². The number of fused-ring (bicyclic) bond motifs is 1. The van der Waals surface area contributed by atoms with Crippen molar-refractivity contribution in [3.8, 4) is 0 Å². The lowest BCUT2D eigenvalue weighted by atomic mass is 9.58. The zero-order chi connectivity index (χ0) is 11.7. The number of aliphatic carboxylic acids is 1. The number of hydrogen-bond acceptors (Lipinski definition) is 2. The predicted octanol–water partition coefficient (Wildman–Crippen LogP) is 1.40. The quantitative estimate of drug-likeness (QED) is 0.746. The van der Waals surface area contributed by atoms with Gasteiger partial charge in [-0.2, -0.15) is 0 Å². The standard InChI is InChI=1S/C12H19NO3/c1-7(14)13-11-9-6-4-2-3-5-8(9)10(11)12(15)16/h8-11H,2-6H2,1H3,(H,13,14)(H,15,16). The second-order valence-electron chi connectivity index (χ2n) is 5.06. The van der Waals surface area contributed by atoms with Gasteiger partial charge in [-0.15, -0.1) is 0 Å². The topological polar surface area (TPSA) is 66.4 Å². The molecule has 0 radical (unpaired) electrons. The fourth-order valence-corrected chi connectivity index (χ4v) is 3.41. The van der Waals surface area contributed by atoms with Crippen molar-refractivity contribution in [2.45, 2.75) is 45.1 Å². The fourth-order valence-electron chi connectivity index (χ4n) is 3.41. The third kappa shape index (κ3) is 1.93. The van der Waals surface area contributed by atoms with Crippen LogP contribution in [0.4, 0.5) is 0 Å². The monoisotopic (exact) mass is 225 g/mol. The molecule has 2 aliphatic rings. The second kappa shape index (κ2) is 4.44. The first-order valence-electron chi connectivity index (χ1n) is 6.11. The molecule has 2 rings (SSSR count). The number of rotatable bonds is 2. The third-order valence-electron chi connectivity index (χ3n) is 4.09. The van der Waals surface area contributed by atoms with Crippen molar-refractivity contribution < 1.29 is 14.7 Å². The average Bonchev–Trinajstić information content (AvgIpc) is 2.36. The smallest absolute Gasteiger partial charge is 0.308 e. The van der Waals surface area contributed by atoms with Gasteiger partial charge in [0.25, 0.3) is 0 Å². The Morgan fingerprint density at radius 1 is 1.12 bits per heavy atom. The van der Waals surface area contributed by atoms with E-state index >= 15 is 0 Å². The van der Waals surface area contributed by atoms with Crippen molar-refractivity contribution in [2.75, 3.05) is 0 Å². The molecule has 1 amide bonds. The molecule has 4 heteroatoms. The van der Waals surface area contributed by atoms with E-state index < -0.39 is 5.97 Å². The van der Waals surface area contributed by atoms with E-state index in [2.05, 4.69) is 5.32 Å². The van der Waals surface area contributed by atoms with Crippen LogP contribution in [-0.4, -0.2) is 23.0 Å². The van der Waals surface area contributed by atoms with Gasteiger partial charge in [0.1, 0.15) is 0 Å². The summed E-state index contributed by atoms with van der Waals surface area (Å²) in [6, 6.07) is -0.127. The van der Waals surface area contributed by atoms with Crippen LogP contribution >= 0.6 is 0 Å². The van der Waals surface area contributed by atoms with Gasteiger partial charge in [0.15, 0.2) is 0 Å². The van der Waals surface area contributed by atoms with Crippen LogP contribution < -0.4 is 5.32 Å². The second-order valence-corrected chi connectivity index (χ2v) is 5.06. The maximum Gasteiger partial charge on any atom is 0.308 e. The number of carboxylic acids is 1. The molecular formula is C12H19NO3. The Labute approximate surface area is 95.4 Å². The molecule has 90 valence electrons. The number of hydrogen-bond donors (Lipinski definition) is 2. The Balaban J connectivity index is 2.09. The van der Waals surface area contributed by atoms with E-state index in [1.807, 2.05) is 0 Å². The molecule has 0 aromatic carbocycles. The van der Waals surface area contributed by atoms with Gasteiger partial charge in [0.2, 0.25) is 5.91 Å². The lowest BCUT2D eigenvalue weighted by Gasteiger charge is -2.49. The van der Waals surface area contributed by atoms with Crippen molar-refractivity contribution in [2.24, 2.45) is 17.8 Å². The van der Waals surface area contributed by atoms with Crippen molar-refractivity contribution in [3.63, 3.8) is 0 Å². The minimum Gasteiger partial charge on any atom is -0.481 e. The molecule has 2 fully saturated rings. The van der Waals surface area contributed by atoms with Crippen molar-refractivity contribution in [1.29, 1.82) is 0 Å². The Morgan fingerprint density at radius 2 is 1.75 bits per heavy atom. The predicted molar refractivity (Wildman–Crippen MR) is 58.8 cm³/mol. The Morgan fingerprint density at radius 3 is 2.31 bits per heavy atom. The molecule has 16 heavy (non-hydrogen) atoms. The Kier molecular flexibility index (Phi) is 3.17. The summed E-state index contributed by atoms with van der Waals surface area (Å²) in [6.45, 7) is 1.46. The van der Waals surface area contributed by atoms with Gasteiger partial charge in [0, 0.05) is 13.0 Å². The lowest BCUT2D eigenvalue weighted by molar-refractivity contribution is -0.156. The van der Waals surface area contributed by atoms with Crippen LogP contribution in [0.25, 0.3) is 0 Å². The summed E-state index contributed by atoms with van der Waals surface area (Å²) in [6.07, 6.45) is 5.59. The number of carbonyl (C=O) groups is 2. The summed E-state index contributed by atoms with van der Waals surface area (Å²) in [5.74, 6) is -0.530. The van der Waals surface area contributed by atoms with Crippen LogP contribution in [0.5, 0.6) is 0 Å². The Bertz CT molecular complexity index is 303. The van der Waals surface area contributed by atoms with Gasteiger partial charge in [-0.3, -0.25) is 9.59 Å². The largest absolute Gasteiger partial charge is 0.481 e. The first-order valence-corrected chi connectivity index (χ1v) is 6.11. The molecule has 4 nitrogen and oxygen atoms in total. The molecule has 0 bridgehead atoms. The minimum absolute atomic E-state index is 0.112. The summed E-state index contributed by atoms with van der Waals surface area (Å²) in [5.41, 5.74) is 0. The van der Waals surface area contributed by atoms with Gasteiger partial charge in [0.05, 0.1) is 5.92 Å². The zero-order valence-electron chi connectivity index (χ0n) is 9.61. The molecular weight excluding hydrogens is 206 g/mol. The van der Waals surface area contributed by atoms with Crippen LogP contribution in [0, 0.1) is 17.8 Å². The summed E-state index contributed by atoms with van der Waals surface area (Å²) in [7, 11) is 0. The maximum atomic E-state index is 11.2. The van der Waals surface area contributed by atoms with Crippen molar-refractivity contribution in [3.05, 3.63) is 0 Å². The summed E-state index contributed by atoms with van der Waals surface area (Å²) in [4.78, 5) is 22.3. The molecule has 4 unspecified atom stereocenters. The van der Waals surface area contributed by atoms with Crippen LogP contribution in [0.3, 0.4) is 0 Å². The molecule has 0 heterocycles.